The Morgan fingerprint density at radius 1 is 1.19 bits per heavy atom. The van der Waals surface area contributed by atoms with Crippen LogP contribution in [0.3, 0.4) is 0 Å². The van der Waals surface area contributed by atoms with E-state index in [1.807, 2.05) is 0 Å². The monoisotopic (exact) mass is 420 g/mol. The van der Waals surface area contributed by atoms with Crippen LogP contribution in [0, 0.1) is 17.8 Å². The number of benzene rings is 1. The molecule has 26 heavy (non-hydrogen) atoms. The normalized spacial score (nSPS) is 29.1. The van der Waals surface area contributed by atoms with Crippen LogP contribution in [-0.4, -0.2) is 38.5 Å². The maximum absolute atomic E-state index is 13.2. The Kier molecular flexibility index (Phi) is 6.09. The third-order valence-corrected chi connectivity index (χ3v) is 8.19. The first-order valence-corrected chi connectivity index (χ1v) is 10.9. The van der Waals surface area contributed by atoms with Crippen LogP contribution in [0.2, 0.25) is 5.02 Å². The van der Waals surface area contributed by atoms with Crippen molar-refractivity contribution in [3.63, 3.8) is 0 Å². The molecule has 3 aliphatic rings. The Bertz CT molecular complexity index is 755. The van der Waals surface area contributed by atoms with Gasteiger partial charge in [0.1, 0.15) is 10.6 Å². The number of fused-ring (bicyclic) bond motifs is 1. The van der Waals surface area contributed by atoms with Crippen LogP contribution in [0.4, 0.5) is 0 Å². The van der Waals surface area contributed by atoms with E-state index in [0.717, 1.165) is 25.7 Å². The summed E-state index contributed by atoms with van der Waals surface area (Å²) in [4.78, 5) is 0.188. The number of nitrogens with zero attached hydrogens (tertiary/aromatic N) is 1. The van der Waals surface area contributed by atoms with Crippen molar-refractivity contribution in [3.8, 4) is 5.75 Å². The van der Waals surface area contributed by atoms with E-state index in [1.54, 1.807) is 16.4 Å². The number of hydrogen-bond donors (Lipinski definition) is 1. The second-order valence-corrected chi connectivity index (χ2v) is 10.0. The van der Waals surface area contributed by atoms with Crippen molar-refractivity contribution in [2.24, 2.45) is 23.5 Å². The van der Waals surface area contributed by atoms with Gasteiger partial charge < -0.3 is 10.5 Å². The Morgan fingerprint density at radius 2 is 1.96 bits per heavy atom. The summed E-state index contributed by atoms with van der Waals surface area (Å²) in [6, 6.07) is 4.99. The SMILES string of the molecule is Cl.NC1CCC2CN(S(=O)(=O)c3cc(Cl)ccc3OCC3CCC3)CC12. The molecule has 2 aliphatic carbocycles. The third-order valence-electron chi connectivity index (χ3n) is 6.10. The highest BCUT2D eigenvalue weighted by molar-refractivity contribution is 7.89. The topological polar surface area (TPSA) is 72.6 Å². The van der Waals surface area contributed by atoms with Crippen molar-refractivity contribution >= 4 is 34.0 Å². The number of hydrogen-bond acceptors (Lipinski definition) is 4. The summed E-state index contributed by atoms with van der Waals surface area (Å²) in [7, 11) is -3.63. The molecule has 5 nitrogen and oxygen atoms in total. The first-order chi connectivity index (χ1) is 11.9. The summed E-state index contributed by atoms with van der Waals surface area (Å²) in [5.41, 5.74) is 6.15. The molecule has 0 radical (unpaired) electrons. The Hall–Kier alpha value is -0.530. The smallest absolute Gasteiger partial charge is 0.246 e. The summed E-state index contributed by atoms with van der Waals surface area (Å²) < 4.78 is 33.9. The second-order valence-electron chi connectivity index (χ2n) is 7.69. The van der Waals surface area contributed by atoms with E-state index in [4.69, 9.17) is 22.1 Å². The highest BCUT2D eigenvalue weighted by Gasteiger charge is 2.45. The van der Waals surface area contributed by atoms with E-state index in [2.05, 4.69) is 0 Å². The van der Waals surface area contributed by atoms with Gasteiger partial charge in [-0.3, -0.25) is 0 Å². The predicted molar refractivity (Wildman–Crippen MR) is 104 cm³/mol. The van der Waals surface area contributed by atoms with Crippen LogP contribution in [-0.2, 0) is 10.0 Å². The van der Waals surface area contributed by atoms with Crippen molar-refractivity contribution < 1.29 is 13.2 Å². The number of nitrogens with two attached hydrogens (primary N) is 1. The molecule has 3 unspecified atom stereocenters. The van der Waals surface area contributed by atoms with Gasteiger partial charge in [0.25, 0.3) is 0 Å². The number of halogens is 2. The molecule has 1 aromatic rings. The Labute approximate surface area is 166 Å². The van der Waals surface area contributed by atoms with Gasteiger partial charge in [-0.15, -0.1) is 12.4 Å². The quantitative estimate of drug-likeness (QED) is 0.792. The van der Waals surface area contributed by atoms with Crippen LogP contribution in [0.25, 0.3) is 0 Å². The first kappa shape index (κ1) is 20.2. The maximum Gasteiger partial charge on any atom is 0.246 e. The fraction of sp³-hybridized carbons (Fsp3) is 0.667. The summed E-state index contributed by atoms with van der Waals surface area (Å²) in [6.45, 7) is 1.62. The van der Waals surface area contributed by atoms with Crippen LogP contribution < -0.4 is 10.5 Å². The largest absolute Gasteiger partial charge is 0.492 e. The molecule has 0 aromatic heterocycles. The summed E-state index contributed by atoms with van der Waals surface area (Å²) in [5, 5.41) is 0.408. The highest BCUT2D eigenvalue weighted by Crippen LogP contribution is 2.41. The number of sulfonamides is 1. The predicted octanol–water partition coefficient (Wildman–Crippen LogP) is 3.30. The minimum Gasteiger partial charge on any atom is -0.492 e. The molecule has 3 atom stereocenters. The molecule has 146 valence electrons. The lowest BCUT2D eigenvalue weighted by molar-refractivity contribution is 0.177. The molecule has 3 fully saturated rings. The first-order valence-electron chi connectivity index (χ1n) is 9.13. The molecule has 2 N–H and O–H groups in total. The lowest BCUT2D eigenvalue weighted by Gasteiger charge is -2.26. The molecule has 1 aliphatic heterocycles. The zero-order chi connectivity index (χ0) is 17.6. The van der Waals surface area contributed by atoms with E-state index in [-0.39, 0.29) is 29.3 Å². The van der Waals surface area contributed by atoms with Crippen molar-refractivity contribution in [3.05, 3.63) is 23.2 Å². The Balaban J connectivity index is 0.00000196. The van der Waals surface area contributed by atoms with Gasteiger partial charge in [-0.25, -0.2) is 8.42 Å². The average Bonchev–Trinajstić information content (AvgIpc) is 3.10. The third kappa shape index (κ3) is 3.72. The minimum atomic E-state index is -3.63. The van der Waals surface area contributed by atoms with E-state index in [1.165, 1.54) is 12.5 Å². The van der Waals surface area contributed by atoms with Gasteiger partial charge in [-0.1, -0.05) is 18.0 Å². The molecule has 4 rings (SSSR count). The molecule has 8 heteroatoms. The molecular formula is C18H26Cl2N2O3S. The van der Waals surface area contributed by atoms with Gasteiger partial charge >= 0.3 is 0 Å². The summed E-state index contributed by atoms with van der Waals surface area (Å²) in [6.07, 6.45) is 5.55. The molecule has 0 bridgehead atoms. The van der Waals surface area contributed by atoms with E-state index in [0.29, 0.717) is 42.3 Å². The van der Waals surface area contributed by atoms with Crippen LogP contribution >= 0.6 is 24.0 Å². The van der Waals surface area contributed by atoms with Gasteiger partial charge in [0.05, 0.1) is 6.61 Å². The van der Waals surface area contributed by atoms with Crippen molar-refractivity contribution in [2.75, 3.05) is 19.7 Å². The molecule has 2 saturated carbocycles. The molecule has 0 spiro atoms. The number of rotatable bonds is 5. The van der Waals surface area contributed by atoms with Crippen molar-refractivity contribution in [1.82, 2.24) is 4.31 Å². The zero-order valence-corrected chi connectivity index (χ0v) is 17.0. The zero-order valence-electron chi connectivity index (χ0n) is 14.6. The molecule has 0 amide bonds. The minimum absolute atomic E-state index is 0. The standard InChI is InChI=1S/C18H25ClN2O3S.ClH/c19-14-5-7-17(24-11-12-2-1-3-12)18(8-14)25(22,23)21-9-13-4-6-16(20)15(13)10-21;/h5,7-8,12-13,15-16H,1-4,6,9-11,20H2;1H. The van der Waals surface area contributed by atoms with Gasteiger partial charge in [0.2, 0.25) is 10.0 Å². The number of ether oxygens (including phenoxy) is 1. The second kappa shape index (κ2) is 7.84. The van der Waals surface area contributed by atoms with Gasteiger partial charge in [0.15, 0.2) is 0 Å². The molecular weight excluding hydrogens is 395 g/mol. The van der Waals surface area contributed by atoms with Crippen molar-refractivity contribution in [1.29, 1.82) is 0 Å². The average molecular weight is 421 g/mol. The fourth-order valence-corrected chi connectivity index (χ4v) is 6.20. The van der Waals surface area contributed by atoms with Crippen LogP contribution in [0.1, 0.15) is 32.1 Å². The van der Waals surface area contributed by atoms with Crippen LogP contribution in [0.15, 0.2) is 23.1 Å². The Morgan fingerprint density at radius 3 is 2.62 bits per heavy atom. The van der Waals surface area contributed by atoms with E-state index >= 15 is 0 Å². The van der Waals surface area contributed by atoms with Gasteiger partial charge in [-0.05, 0) is 61.6 Å². The fourth-order valence-electron chi connectivity index (χ4n) is 4.27. The lowest BCUT2D eigenvalue weighted by atomic mass is 9.86. The highest BCUT2D eigenvalue weighted by atomic mass is 35.5. The molecule has 1 saturated heterocycles. The van der Waals surface area contributed by atoms with E-state index in [9.17, 15) is 8.42 Å². The van der Waals surface area contributed by atoms with Crippen LogP contribution in [0.5, 0.6) is 5.75 Å². The summed E-state index contributed by atoms with van der Waals surface area (Å²) >= 11 is 6.09. The summed E-state index contributed by atoms with van der Waals surface area (Å²) in [5.74, 6) is 1.60. The molecule has 1 aromatic carbocycles. The van der Waals surface area contributed by atoms with Gasteiger partial charge in [-0.2, -0.15) is 4.31 Å². The maximum atomic E-state index is 13.2. The van der Waals surface area contributed by atoms with Gasteiger partial charge in [0, 0.05) is 24.2 Å². The van der Waals surface area contributed by atoms with E-state index < -0.39 is 10.0 Å². The lowest BCUT2D eigenvalue weighted by Crippen LogP contribution is -2.33. The van der Waals surface area contributed by atoms with Crippen molar-refractivity contribution in [2.45, 2.75) is 43.0 Å². The molecule has 1 heterocycles.